The minimum atomic E-state index is -1.75. The highest BCUT2D eigenvalue weighted by Gasteiger charge is 2.07. The second kappa shape index (κ2) is 4.80. The molecule has 0 unspecified atom stereocenters. The van der Waals surface area contributed by atoms with Crippen molar-refractivity contribution in [1.29, 1.82) is 0 Å². The smallest absolute Gasteiger partial charge is 0.356 e. The van der Waals surface area contributed by atoms with Crippen LogP contribution in [-0.4, -0.2) is 20.8 Å². The van der Waals surface area contributed by atoms with E-state index >= 15 is 0 Å². The van der Waals surface area contributed by atoms with E-state index in [1.165, 1.54) is 4.68 Å². The summed E-state index contributed by atoms with van der Waals surface area (Å²) in [5.74, 6) is 0.214. The second-order valence-electron chi connectivity index (χ2n) is 2.49. The van der Waals surface area contributed by atoms with Crippen LogP contribution in [-0.2, 0) is 0 Å². The van der Waals surface area contributed by atoms with Crippen LogP contribution >= 0.6 is 0 Å². The van der Waals surface area contributed by atoms with Crippen molar-refractivity contribution in [3.8, 4) is 0 Å². The zero-order valence-electron chi connectivity index (χ0n) is 7.80. The van der Waals surface area contributed by atoms with Gasteiger partial charge in [0.25, 0.3) is 0 Å². The maximum absolute atomic E-state index is 8.25. The van der Waals surface area contributed by atoms with Crippen LogP contribution < -0.4 is 11.1 Å². The Kier molecular flexibility index (Phi) is 4.07. The van der Waals surface area contributed by atoms with Gasteiger partial charge in [-0.25, -0.2) is 0 Å². The molecule has 0 saturated carbocycles. The maximum Gasteiger partial charge on any atom is 0.370 e. The predicted molar refractivity (Wildman–Crippen MR) is 48.6 cm³/mol. The Bertz CT molecular complexity index is 341. The van der Waals surface area contributed by atoms with Crippen LogP contribution in [0.1, 0.15) is 11.4 Å². The Morgan fingerprint density at radius 3 is 2.21 bits per heavy atom. The van der Waals surface area contributed by atoms with Gasteiger partial charge in [0.1, 0.15) is 5.69 Å². The summed E-state index contributed by atoms with van der Waals surface area (Å²) in [7, 11) is 0. The Hall–Kier alpha value is -2.12. The van der Waals surface area contributed by atoms with Crippen molar-refractivity contribution in [2.45, 2.75) is 13.8 Å². The maximum atomic E-state index is 8.25. The summed E-state index contributed by atoms with van der Waals surface area (Å²) in [6, 6.07) is 1.92. The van der Waals surface area contributed by atoms with Gasteiger partial charge in [-0.3, -0.25) is 11.1 Å². The van der Waals surface area contributed by atoms with Crippen LogP contribution in [0.4, 0.5) is 0 Å². The van der Waals surface area contributed by atoms with E-state index in [2.05, 4.69) is 5.10 Å². The summed E-state index contributed by atoms with van der Waals surface area (Å²) in [6.45, 7) is 3.80. The first kappa shape index (κ1) is 11.9. The van der Waals surface area contributed by atoms with Crippen molar-refractivity contribution < 1.29 is 10.5 Å². The number of aromatic nitrogens is 2. The predicted octanol–water partition coefficient (Wildman–Crippen LogP) is -1.82. The average Bonchev–Trinajstić information content (AvgIpc) is 2.28. The van der Waals surface area contributed by atoms with E-state index in [1.807, 2.05) is 19.9 Å². The molecule has 0 radical (unpaired) electrons. The van der Waals surface area contributed by atoms with Crippen molar-refractivity contribution >= 4 is 5.96 Å². The van der Waals surface area contributed by atoms with Crippen LogP contribution in [0.2, 0.25) is 0 Å². The lowest BCUT2D eigenvalue weighted by molar-refractivity contribution is -0.402. The molecule has 0 saturated heterocycles. The Morgan fingerprint density at radius 2 is 2.07 bits per heavy atom. The molecule has 8 nitrogen and oxygen atoms in total. The van der Waals surface area contributed by atoms with Gasteiger partial charge >= 0.3 is 5.96 Å². The lowest BCUT2D eigenvalue weighted by atomic mass is 10.4. The molecule has 4 N–H and O–H groups in total. The van der Waals surface area contributed by atoms with Crippen molar-refractivity contribution in [2.24, 2.45) is 5.73 Å². The minimum Gasteiger partial charge on any atom is -0.356 e. The molecule has 0 atom stereocenters. The number of hydrogen-bond acceptors (Lipinski definition) is 4. The molecular weight excluding hydrogens is 190 g/mol. The molecule has 1 aromatic heterocycles. The number of rotatable bonds is 0. The summed E-state index contributed by atoms with van der Waals surface area (Å²) in [6.07, 6.45) is 0. The number of aryl methyl sites for hydroxylation is 2. The highest BCUT2D eigenvalue weighted by Crippen LogP contribution is 1.98. The Morgan fingerprint density at radius 1 is 1.64 bits per heavy atom. The zero-order valence-corrected chi connectivity index (χ0v) is 7.80. The molecule has 1 rings (SSSR count). The summed E-state index contributed by atoms with van der Waals surface area (Å²) < 4.78 is 1.51. The number of hydrogen-bond donors (Lipinski definition) is 2. The van der Waals surface area contributed by atoms with Gasteiger partial charge < -0.3 is 15.3 Å². The summed E-state index contributed by atoms with van der Waals surface area (Å²) in [4.78, 5) is 8.25. The SMILES string of the molecule is Cc1cc(C)n(C(N)=[NH2+])n1.O=[N+]([O-])[O-]. The van der Waals surface area contributed by atoms with Gasteiger partial charge in [-0.1, -0.05) is 0 Å². The van der Waals surface area contributed by atoms with Crippen molar-refractivity contribution in [3.05, 3.63) is 32.8 Å². The first-order valence-corrected chi connectivity index (χ1v) is 3.57. The molecule has 14 heavy (non-hydrogen) atoms. The van der Waals surface area contributed by atoms with E-state index in [9.17, 15) is 0 Å². The van der Waals surface area contributed by atoms with E-state index in [0.717, 1.165) is 11.4 Å². The highest BCUT2D eigenvalue weighted by atomic mass is 16.9. The average molecular weight is 201 g/mol. The van der Waals surface area contributed by atoms with E-state index < -0.39 is 5.09 Å². The summed E-state index contributed by atoms with van der Waals surface area (Å²) in [5, 5.41) is 24.1. The summed E-state index contributed by atoms with van der Waals surface area (Å²) >= 11 is 0. The zero-order chi connectivity index (χ0) is 11.3. The van der Waals surface area contributed by atoms with Crippen LogP contribution in [0, 0.1) is 29.2 Å². The molecule has 0 aliphatic carbocycles. The van der Waals surface area contributed by atoms with Gasteiger partial charge in [0.05, 0.1) is 10.8 Å². The third-order valence-electron chi connectivity index (χ3n) is 1.25. The van der Waals surface area contributed by atoms with Gasteiger partial charge in [0.15, 0.2) is 0 Å². The fraction of sp³-hybridized carbons (Fsp3) is 0.333. The van der Waals surface area contributed by atoms with Crippen LogP contribution in [0.15, 0.2) is 6.07 Å². The highest BCUT2D eigenvalue weighted by molar-refractivity contribution is 5.73. The monoisotopic (exact) mass is 201 g/mol. The van der Waals surface area contributed by atoms with Gasteiger partial charge in [0.2, 0.25) is 0 Å². The topological polar surface area (TPSA) is 136 Å². The minimum absolute atomic E-state index is 0.214. The molecule has 0 spiro atoms. The molecule has 8 heteroatoms. The second-order valence-corrected chi connectivity index (χ2v) is 2.49. The standard InChI is InChI=1S/C6H10N4.NO3/c1-4-3-5(2)10(9-4)6(7)8;2-1(3)4/h3H,1-2H3,(H3,7,8);/q;-1/p+1. The van der Waals surface area contributed by atoms with E-state index in [0.29, 0.717) is 0 Å². The van der Waals surface area contributed by atoms with Gasteiger partial charge in [0, 0.05) is 0 Å². The number of nitrogens with zero attached hydrogens (tertiary/aromatic N) is 3. The van der Waals surface area contributed by atoms with E-state index in [1.54, 1.807) is 0 Å². The van der Waals surface area contributed by atoms with Crippen molar-refractivity contribution in [2.75, 3.05) is 0 Å². The van der Waals surface area contributed by atoms with E-state index in [-0.39, 0.29) is 5.96 Å². The molecule has 78 valence electrons. The fourth-order valence-corrected chi connectivity index (χ4v) is 0.890. The lowest BCUT2D eigenvalue weighted by Crippen LogP contribution is -2.51. The molecule has 1 aromatic rings. The molecule has 0 fully saturated rings. The third-order valence-corrected chi connectivity index (χ3v) is 1.25. The molecule has 0 aliphatic rings. The Balaban J connectivity index is 0.000000364. The molecule has 1 heterocycles. The van der Waals surface area contributed by atoms with Crippen LogP contribution in [0.3, 0.4) is 0 Å². The van der Waals surface area contributed by atoms with Crippen molar-refractivity contribution in [1.82, 2.24) is 9.78 Å². The molecule has 0 aromatic carbocycles. The van der Waals surface area contributed by atoms with E-state index in [4.69, 9.17) is 26.5 Å². The Labute approximate surface area is 79.6 Å². The van der Waals surface area contributed by atoms with Gasteiger partial charge in [-0.15, -0.1) is 9.78 Å². The quantitative estimate of drug-likeness (QED) is 0.220. The summed E-state index contributed by atoms with van der Waals surface area (Å²) in [5.41, 5.74) is 7.20. The van der Waals surface area contributed by atoms with Gasteiger partial charge in [-0.05, 0) is 19.9 Å². The van der Waals surface area contributed by atoms with Crippen LogP contribution in [0.25, 0.3) is 0 Å². The fourth-order valence-electron chi connectivity index (χ4n) is 0.890. The molecule has 0 aliphatic heterocycles. The number of nitrogens with two attached hydrogens (primary N) is 2. The lowest BCUT2D eigenvalue weighted by Gasteiger charge is -1.88. The van der Waals surface area contributed by atoms with Crippen molar-refractivity contribution in [3.63, 3.8) is 0 Å². The largest absolute Gasteiger partial charge is 0.370 e. The first-order valence-electron chi connectivity index (χ1n) is 3.57. The molecule has 0 amide bonds. The third kappa shape index (κ3) is 4.04. The first-order chi connectivity index (χ1) is 6.34. The van der Waals surface area contributed by atoms with Gasteiger partial charge in [-0.2, -0.15) is 0 Å². The molecule has 0 bridgehead atoms. The van der Waals surface area contributed by atoms with Crippen LogP contribution in [0.5, 0.6) is 0 Å². The normalized spacial score (nSPS) is 8.71. The molecular formula is C6H11N5O3.